The van der Waals surface area contributed by atoms with E-state index in [9.17, 15) is 14.3 Å². The first kappa shape index (κ1) is 41.6. The van der Waals surface area contributed by atoms with E-state index in [2.05, 4.69) is 13.2 Å². The minimum absolute atomic E-state index is 0.0630. The molecule has 4 aromatic rings. The Labute approximate surface area is 312 Å². The SMILES string of the molecule is C=C/C=C(\C=C)COC(=O)N(C)CCOc1ccc(/C(=C(/CCCl)c2ccccc2)c2ccc(OP(=O)(O)OCc3ccccc3)cc2)cc1.CC. The zero-order valence-corrected chi connectivity index (χ0v) is 31.6. The molecule has 0 spiro atoms. The lowest BCUT2D eigenvalue weighted by molar-refractivity contribution is 0.114. The number of phosphoric acid groups is 1. The first-order chi connectivity index (χ1) is 25.2. The van der Waals surface area contributed by atoms with Crippen molar-refractivity contribution in [3.63, 3.8) is 0 Å². The standard InChI is InChI=1S/C40H41ClNO7P.C2H6/c1-4-12-31(5-2)29-47-40(43)42(3)27-28-46-36-21-17-34(18-22-36)39(38(25-26-41)33-15-10-7-11-16-33)35-19-23-37(24-20-35)49-50(44,45)48-30-32-13-8-6-9-14-32;1-2/h4-24H,1-2,25-30H2,3H3,(H,44,45);1-2H3/b31-12+,39-38+;. The molecule has 0 aliphatic carbocycles. The number of allylic oxidation sites excluding steroid dienone is 3. The lowest BCUT2D eigenvalue weighted by Gasteiger charge is -2.19. The van der Waals surface area contributed by atoms with Crippen LogP contribution in [0, 0.1) is 0 Å². The molecule has 0 heterocycles. The molecule has 0 radical (unpaired) electrons. The van der Waals surface area contributed by atoms with Crippen LogP contribution in [0.15, 0.2) is 146 Å². The number of carbonyl (C=O) groups is 1. The topological polar surface area (TPSA) is 94.5 Å². The third-order valence-corrected chi connectivity index (χ3v) is 8.56. The minimum atomic E-state index is -4.37. The smallest absolute Gasteiger partial charge is 0.492 e. The highest BCUT2D eigenvalue weighted by Gasteiger charge is 2.23. The third-order valence-electron chi connectivity index (χ3n) is 7.48. The Morgan fingerprint density at radius 1 is 0.846 bits per heavy atom. The quantitative estimate of drug-likeness (QED) is 0.0469. The number of benzene rings is 4. The summed E-state index contributed by atoms with van der Waals surface area (Å²) in [7, 11) is -2.73. The second-order valence-electron chi connectivity index (χ2n) is 11.0. The van der Waals surface area contributed by atoms with Gasteiger partial charge in [0.25, 0.3) is 0 Å². The number of hydrogen-bond donors (Lipinski definition) is 1. The third kappa shape index (κ3) is 13.4. The lowest BCUT2D eigenvalue weighted by Crippen LogP contribution is -2.31. The lowest BCUT2D eigenvalue weighted by atomic mass is 9.88. The molecule has 274 valence electrons. The van der Waals surface area contributed by atoms with Crippen molar-refractivity contribution in [1.82, 2.24) is 4.90 Å². The average molecular weight is 744 g/mol. The Kier molecular flexibility index (Phi) is 17.7. The van der Waals surface area contributed by atoms with Crippen LogP contribution in [0.4, 0.5) is 4.79 Å². The number of likely N-dealkylation sites (N-methyl/N-ethyl adjacent to an activating group) is 1. The second kappa shape index (κ2) is 22.2. The van der Waals surface area contributed by atoms with E-state index in [-0.39, 0.29) is 25.6 Å². The van der Waals surface area contributed by atoms with Crippen molar-refractivity contribution in [2.75, 3.05) is 32.7 Å². The molecular formula is C42H47ClNO7P. The number of carbonyl (C=O) groups excluding carboxylic acids is 1. The molecule has 10 heteroatoms. The molecule has 0 aliphatic rings. The molecule has 8 nitrogen and oxygen atoms in total. The van der Waals surface area contributed by atoms with Crippen LogP contribution in [0.1, 0.15) is 42.5 Å². The van der Waals surface area contributed by atoms with E-state index in [0.29, 0.717) is 24.6 Å². The Hall–Kier alpha value is -4.85. The van der Waals surface area contributed by atoms with Crippen LogP contribution >= 0.6 is 19.4 Å². The summed E-state index contributed by atoms with van der Waals surface area (Å²) in [5.41, 5.74) is 6.27. The summed E-state index contributed by atoms with van der Waals surface area (Å²) in [6.07, 6.45) is 5.08. The van der Waals surface area contributed by atoms with Gasteiger partial charge < -0.3 is 18.9 Å². The molecule has 52 heavy (non-hydrogen) atoms. The summed E-state index contributed by atoms with van der Waals surface area (Å²) in [5.74, 6) is 1.23. The maximum Gasteiger partial charge on any atom is 0.527 e. The van der Waals surface area contributed by atoms with Crippen LogP contribution < -0.4 is 9.26 Å². The molecule has 0 saturated carbocycles. The minimum Gasteiger partial charge on any atom is -0.492 e. The second-order valence-corrected chi connectivity index (χ2v) is 12.8. The molecule has 0 fully saturated rings. The van der Waals surface area contributed by atoms with E-state index in [1.807, 2.05) is 98.8 Å². The van der Waals surface area contributed by atoms with Crippen molar-refractivity contribution >= 4 is 36.7 Å². The maximum absolute atomic E-state index is 12.7. The molecule has 4 aromatic carbocycles. The van der Waals surface area contributed by atoms with E-state index in [1.165, 1.54) is 4.90 Å². The Morgan fingerprint density at radius 3 is 1.98 bits per heavy atom. The van der Waals surface area contributed by atoms with Gasteiger partial charge in [0.1, 0.15) is 24.7 Å². The van der Waals surface area contributed by atoms with Crippen LogP contribution in [0.25, 0.3) is 11.1 Å². The van der Waals surface area contributed by atoms with E-state index in [4.69, 9.17) is 30.1 Å². The molecule has 1 amide bonds. The number of phosphoric ester groups is 1. The first-order valence-electron chi connectivity index (χ1n) is 16.9. The van der Waals surface area contributed by atoms with Crippen molar-refractivity contribution in [3.8, 4) is 11.5 Å². The van der Waals surface area contributed by atoms with Gasteiger partial charge in [-0.3, -0.25) is 9.42 Å². The van der Waals surface area contributed by atoms with Crippen molar-refractivity contribution in [2.45, 2.75) is 26.9 Å². The number of alkyl halides is 1. The zero-order chi connectivity index (χ0) is 37.8. The summed E-state index contributed by atoms with van der Waals surface area (Å²) in [5, 5.41) is 0. The average Bonchev–Trinajstić information content (AvgIpc) is 3.18. The molecule has 1 unspecified atom stereocenters. The largest absolute Gasteiger partial charge is 0.527 e. The van der Waals surface area contributed by atoms with E-state index in [0.717, 1.165) is 39.0 Å². The van der Waals surface area contributed by atoms with Crippen LogP contribution in [0.3, 0.4) is 0 Å². The molecule has 0 bridgehead atoms. The van der Waals surface area contributed by atoms with Crippen molar-refractivity contribution in [1.29, 1.82) is 0 Å². The van der Waals surface area contributed by atoms with Crippen molar-refractivity contribution in [3.05, 3.63) is 168 Å². The van der Waals surface area contributed by atoms with Crippen molar-refractivity contribution in [2.24, 2.45) is 0 Å². The van der Waals surface area contributed by atoms with Gasteiger partial charge in [0.2, 0.25) is 0 Å². The monoisotopic (exact) mass is 743 g/mol. The molecule has 0 aliphatic heterocycles. The maximum atomic E-state index is 12.7. The molecule has 0 saturated heterocycles. The molecule has 1 N–H and O–H groups in total. The van der Waals surface area contributed by atoms with Gasteiger partial charge in [-0.05, 0) is 69.7 Å². The number of ether oxygens (including phenoxy) is 2. The van der Waals surface area contributed by atoms with Gasteiger partial charge in [-0.1, -0.05) is 130 Å². The van der Waals surface area contributed by atoms with E-state index in [1.54, 1.807) is 49.5 Å². The van der Waals surface area contributed by atoms with Gasteiger partial charge in [0.05, 0.1) is 13.2 Å². The fraction of sp³-hybridized carbons (Fsp3) is 0.214. The van der Waals surface area contributed by atoms with Gasteiger partial charge in [-0.25, -0.2) is 9.36 Å². The predicted octanol–water partition coefficient (Wildman–Crippen LogP) is 10.7. The molecule has 4 rings (SSSR count). The Balaban J connectivity index is 0.00000358. The highest BCUT2D eigenvalue weighted by atomic mass is 35.5. The van der Waals surface area contributed by atoms with Crippen LogP contribution in [-0.4, -0.2) is 48.6 Å². The highest BCUT2D eigenvalue weighted by molar-refractivity contribution is 7.47. The Bertz CT molecular complexity index is 1810. The number of nitrogens with zero attached hydrogens (tertiary/aromatic N) is 1. The van der Waals surface area contributed by atoms with Crippen molar-refractivity contribution < 1.29 is 32.8 Å². The summed E-state index contributed by atoms with van der Waals surface area (Å²) in [6, 6.07) is 33.7. The normalized spacial score (nSPS) is 12.6. The predicted molar refractivity (Wildman–Crippen MR) is 212 cm³/mol. The number of hydrogen-bond acceptors (Lipinski definition) is 6. The fourth-order valence-electron chi connectivity index (χ4n) is 4.93. The van der Waals surface area contributed by atoms with Crippen LogP contribution in [0.2, 0.25) is 0 Å². The number of rotatable bonds is 18. The van der Waals surface area contributed by atoms with Crippen LogP contribution in [0.5, 0.6) is 11.5 Å². The summed E-state index contributed by atoms with van der Waals surface area (Å²) >= 11 is 6.33. The number of halogens is 1. The summed E-state index contributed by atoms with van der Waals surface area (Å²) in [6.45, 7) is 12.0. The molecule has 1 atom stereocenters. The summed E-state index contributed by atoms with van der Waals surface area (Å²) in [4.78, 5) is 24.2. The molecular weight excluding hydrogens is 697 g/mol. The molecule has 0 aromatic heterocycles. The van der Waals surface area contributed by atoms with Crippen LogP contribution in [-0.2, 0) is 20.4 Å². The van der Waals surface area contributed by atoms with Gasteiger partial charge in [0.15, 0.2) is 0 Å². The number of amides is 1. The first-order valence-corrected chi connectivity index (χ1v) is 19.0. The van der Waals surface area contributed by atoms with Gasteiger partial charge in [0, 0.05) is 12.9 Å². The van der Waals surface area contributed by atoms with Gasteiger partial charge in [-0.15, -0.1) is 11.6 Å². The Morgan fingerprint density at radius 2 is 1.42 bits per heavy atom. The van der Waals surface area contributed by atoms with E-state index >= 15 is 0 Å². The summed E-state index contributed by atoms with van der Waals surface area (Å²) < 4.78 is 34.5. The van der Waals surface area contributed by atoms with E-state index < -0.39 is 13.9 Å². The van der Waals surface area contributed by atoms with Gasteiger partial charge in [-0.2, -0.15) is 0 Å². The zero-order valence-electron chi connectivity index (χ0n) is 30.0. The fourth-order valence-corrected chi connectivity index (χ4v) is 5.87. The van der Waals surface area contributed by atoms with Gasteiger partial charge >= 0.3 is 13.9 Å². The highest BCUT2D eigenvalue weighted by Crippen LogP contribution is 2.45.